The standard InChI is InChI=1S/C31H37FN4O4S/c32-24-9-6-10-26(17-24)41(39,40)20-25-19-33-15-16-35(25)30(37)28-29(23-7-2-1-3-8-23)36(21-34-28)27-11-4-5-14-31(27,38)18-22-12-13-22/h1-3,6-10,17,21-22,25,27,33,38H,4-5,11-16,18-20H2/t25-,27+,31+/m0/s1. The predicted octanol–water partition coefficient (Wildman–Crippen LogP) is 4.22. The predicted molar refractivity (Wildman–Crippen MR) is 154 cm³/mol. The Morgan fingerprint density at radius 1 is 1.10 bits per heavy atom. The number of amides is 1. The average molecular weight is 581 g/mol. The number of nitrogens with one attached hydrogen (secondary N) is 1. The summed E-state index contributed by atoms with van der Waals surface area (Å²) in [6, 6.07) is 13.7. The van der Waals surface area contributed by atoms with E-state index in [1.807, 2.05) is 34.9 Å². The molecule has 1 amide bonds. The van der Waals surface area contributed by atoms with Crippen molar-refractivity contribution >= 4 is 15.7 Å². The van der Waals surface area contributed by atoms with Gasteiger partial charge in [0.15, 0.2) is 15.5 Å². The van der Waals surface area contributed by atoms with E-state index in [4.69, 9.17) is 0 Å². The van der Waals surface area contributed by atoms with Crippen LogP contribution in [0.15, 0.2) is 65.8 Å². The van der Waals surface area contributed by atoms with E-state index in [0.717, 1.165) is 56.6 Å². The summed E-state index contributed by atoms with van der Waals surface area (Å²) in [6.45, 7) is 1.14. The van der Waals surface area contributed by atoms with Crippen molar-refractivity contribution in [3.05, 3.63) is 72.4 Å². The summed E-state index contributed by atoms with van der Waals surface area (Å²) >= 11 is 0. The molecule has 8 nitrogen and oxygen atoms in total. The third-order valence-electron chi connectivity index (χ3n) is 8.85. The van der Waals surface area contributed by atoms with Gasteiger partial charge in [0.1, 0.15) is 5.82 Å². The van der Waals surface area contributed by atoms with Gasteiger partial charge < -0.3 is 19.9 Å². The zero-order valence-corrected chi connectivity index (χ0v) is 23.9. The molecule has 0 radical (unpaired) electrons. The molecule has 10 heteroatoms. The fourth-order valence-electron chi connectivity index (χ4n) is 6.62. The Morgan fingerprint density at radius 2 is 1.90 bits per heavy atom. The monoisotopic (exact) mass is 580 g/mol. The van der Waals surface area contributed by atoms with Crippen LogP contribution in [-0.4, -0.2) is 70.9 Å². The molecule has 2 heterocycles. The Labute approximate surface area is 240 Å². The van der Waals surface area contributed by atoms with Crippen LogP contribution in [0.2, 0.25) is 0 Å². The van der Waals surface area contributed by atoms with Crippen LogP contribution in [0, 0.1) is 11.7 Å². The molecular weight excluding hydrogens is 543 g/mol. The molecule has 1 saturated heterocycles. The molecule has 3 aromatic rings. The number of benzene rings is 2. The van der Waals surface area contributed by atoms with Crippen LogP contribution >= 0.6 is 0 Å². The maximum atomic E-state index is 14.2. The zero-order valence-electron chi connectivity index (χ0n) is 23.1. The molecule has 6 rings (SSSR count). The van der Waals surface area contributed by atoms with Crippen LogP contribution in [-0.2, 0) is 9.84 Å². The largest absolute Gasteiger partial charge is 0.388 e. The van der Waals surface area contributed by atoms with E-state index in [1.54, 1.807) is 11.2 Å². The molecule has 2 aliphatic carbocycles. The van der Waals surface area contributed by atoms with Crippen molar-refractivity contribution in [3.63, 3.8) is 0 Å². The third kappa shape index (κ3) is 5.82. The number of carbonyl (C=O) groups excluding carboxylic acids is 1. The summed E-state index contributed by atoms with van der Waals surface area (Å²) in [6.07, 6.45) is 8.23. The Kier molecular flexibility index (Phi) is 7.74. The number of rotatable bonds is 8. The van der Waals surface area contributed by atoms with Gasteiger partial charge in [0.2, 0.25) is 0 Å². The summed E-state index contributed by atoms with van der Waals surface area (Å²) in [5.41, 5.74) is 0.875. The molecule has 2 N–H and O–H groups in total. The van der Waals surface area contributed by atoms with Crippen LogP contribution in [0.25, 0.3) is 11.3 Å². The minimum absolute atomic E-state index is 0.100. The molecule has 2 aromatic carbocycles. The van der Waals surface area contributed by atoms with Crippen molar-refractivity contribution in [1.29, 1.82) is 0 Å². The number of sulfone groups is 1. The first kappa shape index (κ1) is 28.1. The minimum atomic E-state index is -3.86. The molecule has 41 heavy (non-hydrogen) atoms. The number of piperazine rings is 1. The lowest BCUT2D eigenvalue weighted by atomic mass is 9.76. The molecule has 2 saturated carbocycles. The second kappa shape index (κ2) is 11.3. The van der Waals surface area contributed by atoms with Crippen molar-refractivity contribution in [2.45, 2.75) is 67.5 Å². The average Bonchev–Trinajstić information content (AvgIpc) is 3.66. The number of carbonyl (C=O) groups is 1. The van der Waals surface area contributed by atoms with Gasteiger partial charge in [-0.1, -0.05) is 62.1 Å². The SMILES string of the molecule is O=C(c1ncn([C@@H]2CCCC[C@@]2(O)CC2CC2)c1-c1ccccc1)N1CCNC[C@H]1CS(=O)(=O)c1cccc(F)c1. The first-order valence-electron chi connectivity index (χ1n) is 14.6. The van der Waals surface area contributed by atoms with Crippen molar-refractivity contribution in [2.24, 2.45) is 5.92 Å². The first-order valence-corrected chi connectivity index (χ1v) is 16.2. The molecule has 1 aromatic heterocycles. The molecule has 3 fully saturated rings. The Bertz CT molecular complexity index is 1510. The molecule has 0 bridgehead atoms. The van der Waals surface area contributed by atoms with Gasteiger partial charge in [0.05, 0.1) is 40.4 Å². The summed E-state index contributed by atoms with van der Waals surface area (Å²) in [5, 5.41) is 15.1. The molecule has 0 spiro atoms. The van der Waals surface area contributed by atoms with Crippen LogP contribution in [0.1, 0.15) is 61.5 Å². The highest BCUT2D eigenvalue weighted by Crippen LogP contribution is 2.48. The second-order valence-electron chi connectivity index (χ2n) is 11.8. The molecule has 1 aliphatic heterocycles. The quantitative estimate of drug-likeness (QED) is 0.414. The topological polar surface area (TPSA) is 105 Å². The van der Waals surface area contributed by atoms with Crippen molar-refractivity contribution in [2.75, 3.05) is 25.4 Å². The number of hydrogen-bond acceptors (Lipinski definition) is 6. The number of aromatic nitrogens is 2. The summed E-state index contributed by atoms with van der Waals surface area (Å²) < 4.78 is 42.3. The first-order chi connectivity index (χ1) is 19.7. The van der Waals surface area contributed by atoms with Gasteiger partial charge in [-0.05, 0) is 43.4 Å². The second-order valence-corrected chi connectivity index (χ2v) is 13.9. The number of hydrogen-bond donors (Lipinski definition) is 2. The van der Waals surface area contributed by atoms with Crippen molar-refractivity contribution in [3.8, 4) is 11.3 Å². The molecule has 3 aliphatic rings. The fourth-order valence-corrected chi connectivity index (χ4v) is 8.20. The zero-order chi connectivity index (χ0) is 28.6. The number of imidazole rings is 1. The Morgan fingerprint density at radius 3 is 2.66 bits per heavy atom. The van der Waals surface area contributed by atoms with E-state index in [-0.39, 0.29) is 28.3 Å². The molecule has 3 atom stereocenters. The molecule has 218 valence electrons. The maximum Gasteiger partial charge on any atom is 0.275 e. The highest BCUT2D eigenvalue weighted by Gasteiger charge is 2.45. The lowest BCUT2D eigenvalue weighted by Crippen LogP contribution is -2.56. The van der Waals surface area contributed by atoms with Gasteiger partial charge in [0, 0.05) is 25.2 Å². The van der Waals surface area contributed by atoms with Crippen LogP contribution < -0.4 is 5.32 Å². The molecule has 0 unspecified atom stereocenters. The van der Waals surface area contributed by atoms with Crippen molar-refractivity contribution in [1.82, 2.24) is 19.8 Å². The number of aliphatic hydroxyl groups is 1. The number of nitrogens with zero attached hydrogens (tertiary/aromatic N) is 3. The van der Waals surface area contributed by atoms with Crippen LogP contribution in [0.3, 0.4) is 0 Å². The fraction of sp³-hybridized carbons (Fsp3) is 0.484. The van der Waals surface area contributed by atoms with E-state index in [2.05, 4.69) is 10.3 Å². The van der Waals surface area contributed by atoms with E-state index < -0.39 is 27.3 Å². The van der Waals surface area contributed by atoms with Crippen molar-refractivity contribution < 1.29 is 22.7 Å². The maximum absolute atomic E-state index is 14.2. The van der Waals surface area contributed by atoms with E-state index in [1.165, 1.54) is 18.2 Å². The third-order valence-corrected chi connectivity index (χ3v) is 10.6. The lowest BCUT2D eigenvalue weighted by molar-refractivity contribution is -0.0518. The highest BCUT2D eigenvalue weighted by molar-refractivity contribution is 7.91. The molecular formula is C31H37FN4O4S. The Balaban J connectivity index is 1.35. The summed E-state index contributed by atoms with van der Waals surface area (Å²) in [4.78, 5) is 20.4. The van der Waals surface area contributed by atoms with Gasteiger partial charge in [-0.25, -0.2) is 17.8 Å². The lowest BCUT2D eigenvalue weighted by Gasteiger charge is -2.42. The highest BCUT2D eigenvalue weighted by atomic mass is 32.2. The van der Waals surface area contributed by atoms with Gasteiger partial charge >= 0.3 is 0 Å². The minimum Gasteiger partial charge on any atom is -0.388 e. The number of halogens is 1. The van der Waals surface area contributed by atoms with Gasteiger partial charge in [-0.2, -0.15) is 0 Å². The van der Waals surface area contributed by atoms with E-state index in [0.29, 0.717) is 31.2 Å². The Hall–Kier alpha value is -3.08. The van der Waals surface area contributed by atoms with Crippen LogP contribution in [0.4, 0.5) is 4.39 Å². The van der Waals surface area contributed by atoms with Gasteiger partial charge in [-0.15, -0.1) is 0 Å². The van der Waals surface area contributed by atoms with E-state index >= 15 is 0 Å². The summed E-state index contributed by atoms with van der Waals surface area (Å²) in [7, 11) is -3.86. The normalized spacial score (nSPS) is 25.3. The van der Waals surface area contributed by atoms with E-state index in [9.17, 15) is 22.7 Å². The summed E-state index contributed by atoms with van der Waals surface area (Å²) in [5.74, 6) is -0.749. The van der Waals surface area contributed by atoms with Gasteiger partial charge in [0.25, 0.3) is 5.91 Å². The van der Waals surface area contributed by atoms with Gasteiger partial charge in [-0.3, -0.25) is 4.79 Å². The van der Waals surface area contributed by atoms with Crippen LogP contribution in [0.5, 0.6) is 0 Å². The smallest absolute Gasteiger partial charge is 0.275 e.